The summed E-state index contributed by atoms with van der Waals surface area (Å²) in [6, 6.07) is 0.0558. The van der Waals surface area contributed by atoms with Crippen molar-refractivity contribution in [3.8, 4) is 0 Å². The van der Waals surface area contributed by atoms with Gasteiger partial charge in [0, 0.05) is 6.04 Å². The topological polar surface area (TPSA) is 38.3 Å². The molecule has 1 aliphatic rings. The van der Waals surface area contributed by atoms with Gasteiger partial charge < -0.3 is 10.1 Å². The molecular formula is C13H24FNO2. The Morgan fingerprint density at radius 1 is 1.41 bits per heavy atom. The second-order valence-corrected chi connectivity index (χ2v) is 5.92. The van der Waals surface area contributed by atoms with Gasteiger partial charge in [-0.15, -0.1) is 0 Å². The van der Waals surface area contributed by atoms with E-state index in [-0.39, 0.29) is 6.04 Å². The molecule has 0 atom stereocenters. The standard InChI is InChI=1S/C13H24FNO2/c1-5-13(14)8-6-10(7-9-13)15-11(16)17-12(2,3)4/h10H,5-9H2,1-4H3,(H,15,16). The fraction of sp³-hybridized carbons (Fsp3) is 0.923. The second kappa shape index (κ2) is 5.23. The normalized spacial score (nSPS) is 29.8. The lowest BCUT2D eigenvalue weighted by Crippen LogP contribution is -2.43. The van der Waals surface area contributed by atoms with Gasteiger partial charge in [0.2, 0.25) is 0 Å². The lowest BCUT2D eigenvalue weighted by molar-refractivity contribution is 0.0429. The third kappa shape index (κ3) is 4.92. The molecule has 3 nitrogen and oxygen atoms in total. The van der Waals surface area contributed by atoms with Crippen LogP contribution in [-0.2, 0) is 4.74 Å². The molecule has 0 saturated heterocycles. The molecule has 4 heteroatoms. The Hall–Kier alpha value is -0.800. The van der Waals surface area contributed by atoms with Gasteiger partial charge in [-0.05, 0) is 52.9 Å². The van der Waals surface area contributed by atoms with E-state index >= 15 is 0 Å². The van der Waals surface area contributed by atoms with Crippen LogP contribution in [0.25, 0.3) is 0 Å². The Morgan fingerprint density at radius 3 is 2.35 bits per heavy atom. The zero-order valence-corrected chi connectivity index (χ0v) is 11.3. The molecule has 1 fully saturated rings. The molecule has 0 aromatic heterocycles. The Bertz CT molecular complexity index is 265. The Morgan fingerprint density at radius 2 is 1.94 bits per heavy atom. The molecule has 0 unspecified atom stereocenters. The highest BCUT2D eigenvalue weighted by Crippen LogP contribution is 2.34. The summed E-state index contributed by atoms with van der Waals surface area (Å²) in [5.74, 6) is 0. The van der Waals surface area contributed by atoms with Crippen molar-refractivity contribution in [2.75, 3.05) is 0 Å². The van der Waals surface area contributed by atoms with E-state index in [1.54, 1.807) is 0 Å². The lowest BCUT2D eigenvalue weighted by atomic mass is 9.82. The first-order chi connectivity index (χ1) is 7.74. The van der Waals surface area contributed by atoms with E-state index in [0.29, 0.717) is 32.1 Å². The van der Waals surface area contributed by atoms with Crippen molar-refractivity contribution in [3.63, 3.8) is 0 Å². The van der Waals surface area contributed by atoms with E-state index in [4.69, 9.17) is 4.74 Å². The van der Waals surface area contributed by atoms with Crippen LogP contribution in [0.5, 0.6) is 0 Å². The van der Waals surface area contributed by atoms with Gasteiger partial charge in [-0.1, -0.05) is 6.92 Å². The monoisotopic (exact) mass is 245 g/mol. The molecular weight excluding hydrogens is 221 g/mol. The first-order valence-electron chi connectivity index (χ1n) is 6.42. The number of carbonyl (C=O) groups is 1. The van der Waals surface area contributed by atoms with Gasteiger partial charge in [0.1, 0.15) is 11.3 Å². The highest BCUT2D eigenvalue weighted by molar-refractivity contribution is 5.68. The van der Waals surface area contributed by atoms with Crippen molar-refractivity contribution in [3.05, 3.63) is 0 Å². The molecule has 0 aliphatic heterocycles. The van der Waals surface area contributed by atoms with Gasteiger partial charge in [0.05, 0.1) is 0 Å². The van der Waals surface area contributed by atoms with Crippen LogP contribution in [0.3, 0.4) is 0 Å². The molecule has 100 valence electrons. The third-order valence-electron chi connectivity index (χ3n) is 3.24. The van der Waals surface area contributed by atoms with Crippen LogP contribution in [0.1, 0.15) is 59.8 Å². The summed E-state index contributed by atoms with van der Waals surface area (Å²) in [6.45, 7) is 7.37. The van der Waals surface area contributed by atoms with Crippen molar-refractivity contribution in [1.29, 1.82) is 0 Å². The molecule has 0 aromatic carbocycles. The molecule has 0 spiro atoms. The van der Waals surface area contributed by atoms with Gasteiger partial charge in [-0.3, -0.25) is 0 Å². The summed E-state index contributed by atoms with van der Waals surface area (Å²) in [5.41, 5.74) is -1.50. The van der Waals surface area contributed by atoms with Gasteiger partial charge in [-0.2, -0.15) is 0 Å². The summed E-state index contributed by atoms with van der Waals surface area (Å²) >= 11 is 0. The number of alkyl carbamates (subject to hydrolysis) is 1. The van der Waals surface area contributed by atoms with Crippen LogP contribution in [0.15, 0.2) is 0 Å². The average Bonchev–Trinajstić information content (AvgIpc) is 2.19. The predicted molar refractivity (Wildman–Crippen MR) is 65.8 cm³/mol. The second-order valence-electron chi connectivity index (χ2n) is 5.92. The molecule has 0 heterocycles. The quantitative estimate of drug-likeness (QED) is 0.807. The molecule has 0 radical (unpaired) electrons. The average molecular weight is 245 g/mol. The fourth-order valence-electron chi connectivity index (χ4n) is 2.11. The smallest absolute Gasteiger partial charge is 0.407 e. The van der Waals surface area contributed by atoms with Crippen LogP contribution in [0, 0.1) is 0 Å². The van der Waals surface area contributed by atoms with Gasteiger partial charge in [0.15, 0.2) is 0 Å². The van der Waals surface area contributed by atoms with Crippen molar-refractivity contribution in [2.24, 2.45) is 0 Å². The number of carbonyl (C=O) groups excluding carboxylic acids is 1. The van der Waals surface area contributed by atoms with E-state index in [2.05, 4.69) is 5.32 Å². The maximum absolute atomic E-state index is 13.9. The number of hydrogen-bond donors (Lipinski definition) is 1. The molecule has 1 N–H and O–H groups in total. The van der Waals surface area contributed by atoms with Gasteiger partial charge >= 0.3 is 6.09 Å². The Labute approximate surface area is 103 Å². The first kappa shape index (κ1) is 14.3. The molecule has 0 bridgehead atoms. The van der Waals surface area contributed by atoms with Crippen molar-refractivity contribution < 1.29 is 13.9 Å². The largest absolute Gasteiger partial charge is 0.444 e. The summed E-state index contributed by atoms with van der Waals surface area (Å²) in [5, 5.41) is 2.81. The van der Waals surface area contributed by atoms with Crippen LogP contribution < -0.4 is 5.32 Å². The Balaban J connectivity index is 2.34. The molecule has 1 rings (SSSR count). The summed E-state index contributed by atoms with van der Waals surface area (Å²) < 4.78 is 19.1. The minimum atomic E-state index is -1.02. The molecule has 17 heavy (non-hydrogen) atoms. The van der Waals surface area contributed by atoms with E-state index in [1.165, 1.54) is 0 Å². The van der Waals surface area contributed by atoms with Crippen molar-refractivity contribution >= 4 is 6.09 Å². The van der Waals surface area contributed by atoms with E-state index in [0.717, 1.165) is 0 Å². The highest BCUT2D eigenvalue weighted by Gasteiger charge is 2.34. The van der Waals surface area contributed by atoms with E-state index in [9.17, 15) is 9.18 Å². The van der Waals surface area contributed by atoms with Crippen molar-refractivity contribution in [1.82, 2.24) is 5.32 Å². The molecule has 1 aliphatic carbocycles. The number of halogens is 1. The summed E-state index contributed by atoms with van der Waals surface area (Å²) in [7, 11) is 0. The minimum Gasteiger partial charge on any atom is -0.444 e. The lowest BCUT2D eigenvalue weighted by Gasteiger charge is -2.33. The van der Waals surface area contributed by atoms with Crippen LogP contribution >= 0.6 is 0 Å². The zero-order chi connectivity index (χ0) is 13.1. The van der Waals surface area contributed by atoms with Gasteiger partial charge in [0.25, 0.3) is 0 Å². The number of rotatable bonds is 2. The summed E-state index contributed by atoms with van der Waals surface area (Å²) in [4.78, 5) is 11.5. The zero-order valence-electron chi connectivity index (χ0n) is 11.3. The van der Waals surface area contributed by atoms with E-state index in [1.807, 2.05) is 27.7 Å². The number of hydrogen-bond acceptors (Lipinski definition) is 2. The SMILES string of the molecule is CCC1(F)CCC(NC(=O)OC(C)(C)C)CC1. The highest BCUT2D eigenvalue weighted by atomic mass is 19.1. The number of amides is 1. The number of ether oxygens (including phenoxy) is 1. The minimum absolute atomic E-state index is 0.0558. The van der Waals surface area contributed by atoms with Gasteiger partial charge in [-0.25, -0.2) is 9.18 Å². The number of alkyl halides is 1. The fourth-order valence-corrected chi connectivity index (χ4v) is 2.11. The predicted octanol–water partition coefficient (Wildman–Crippen LogP) is 3.57. The van der Waals surface area contributed by atoms with E-state index < -0.39 is 17.4 Å². The first-order valence-corrected chi connectivity index (χ1v) is 6.42. The van der Waals surface area contributed by atoms with Crippen LogP contribution in [0.2, 0.25) is 0 Å². The molecule has 1 saturated carbocycles. The maximum Gasteiger partial charge on any atom is 0.407 e. The van der Waals surface area contributed by atoms with Crippen LogP contribution in [0.4, 0.5) is 9.18 Å². The Kier molecular flexibility index (Phi) is 4.39. The maximum atomic E-state index is 13.9. The van der Waals surface area contributed by atoms with Crippen molar-refractivity contribution in [2.45, 2.75) is 77.1 Å². The third-order valence-corrected chi connectivity index (χ3v) is 3.24. The molecule has 0 aromatic rings. The number of nitrogens with one attached hydrogen (secondary N) is 1. The molecule has 1 amide bonds. The van der Waals surface area contributed by atoms with Crippen LogP contribution in [-0.4, -0.2) is 23.4 Å². The summed E-state index contributed by atoms with van der Waals surface area (Å²) in [6.07, 6.45) is 2.62.